The van der Waals surface area contributed by atoms with Crippen LogP contribution in [-0.4, -0.2) is 38.5 Å². The largest absolute Gasteiger partial charge is 0.497 e. The molecule has 3 aromatic carbocycles. The number of nitrogens with one attached hydrogen (secondary N) is 1. The zero-order chi connectivity index (χ0) is 24.1. The number of esters is 1. The van der Waals surface area contributed by atoms with Gasteiger partial charge in [-0.15, -0.1) is 11.8 Å². The second kappa shape index (κ2) is 10.4. The minimum Gasteiger partial charge on any atom is -0.497 e. The van der Waals surface area contributed by atoms with Gasteiger partial charge in [0.1, 0.15) is 12.3 Å². The molecule has 1 N–H and O–H groups in total. The summed E-state index contributed by atoms with van der Waals surface area (Å²) in [5.74, 6) is -0.156. The Morgan fingerprint density at radius 1 is 1.00 bits per heavy atom. The Bertz CT molecular complexity index is 1190. The lowest BCUT2D eigenvalue weighted by atomic mass is 10.1. The van der Waals surface area contributed by atoms with Gasteiger partial charge in [0, 0.05) is 22.3 Å². The SMILES string of the molecule is COC(=O)c1ccc(NC(=O)CN2C(=O)C[C@H](c3ccc(OC)cc3)Sc3ccccc32)cc1. The average molecular weight is 477 g/mol. The molecule has 0 bridgehead atoms. The zero-order valence-corrected chi connectivity index (χ0v) is 19.6. The van der Waals surface area contributed by atoms with E-state index in [1.165, 1.54) is 12.0 Å². The van der Waals surface area contributed by atoms with Crippen molar-refractivity contribution >= 4 is 40.9 Å². The third-order valence-corrected chi connectivity index (χ3v) is 6.79. The summed E-state index contributed by atoms with van der Waals surface area (Å²) in [7, 11) is 2.93. The highest BCUT2D eigenvalue weighted by atomic mass is 32.2. The number of ether oxygens (including phenoxy) is 2. The molecule has 34 heavy (non-hydrogen) atoms. The van der Waals surface area contributed by atoms with E-state index in [9.17, 15) is 14.4 Å². The van der Waals surface area contributed by atoms with E-state index in [-0.39, 0.29) is 30.0 Å². The Balaban J connectivity index is 1.52. The molecule has 0 radical (unpaired) electrons. The zero-order valence-electron chi connectivity index (χ0n) is 18.8. The molecule has 4 rings (SSSR count). The van der Waals surface area contributed by atoms with Crippen molar-refractivity contribution in [2.75, 3.05) is 31.0 Å². The lowest BCUT2D eigenvalue weighted by Gasteiger charge is -2.22. The van der Waals surface area contributed by atoms with Crippen molar-refractivity contribution in [1.29, 1.82) is 0 Å². The lowest BCUT2D eigenvalue weighted by Crippen LogP contribution is -2.38. The van der Waals surface area contributed by atoms with Gasteiger partial charge < -0.3 is 19.7 Å². The molecule has 1 heterocycles. The molecule has 0 aliphatic carbocycles. The predicted octanol–water partition coefficient (Wildman–Crippen LogP) is 4.69. The van der Waals surface area contributed by atoms with Crippen molar-refractivity contribution < 1.29 is 23.9 Å². The quantitative estimate of drug-likeness (QED) is 0.520. The van der Waals surface area contributed by atoms with Crippen LogP contribution in [0.25, 0.3) is 0 Å². The summed E-state index contributed by atoms with van der Waals surface area (Å²) >= 11 is 1.61. The number of nitrogens with zero attached hydrogens (tertiary/aromatic N) is 1. The van der Waals surface area contributed by atoms with E-state index in [2.05, 4.69) is 10.1 Å². The fourth-order valence-electron chi connectivity index (χ4n) is 3.71. The topological polar surface area (TPSA) is 84.9 Å². The van der Waals surface area contributed by atoms with Crippen LogP contribution >= 0.6 is 11.8 Å². The molecule has 3 aromatic rings. The van der Waals surface area contributed by atoms with Crippen LogP contribution in [0.4, 0.5) is 11.4 Å². The number of rotatable bonds is 6. The first-order valence-electron chi connectivity index (χ1n) is 10.7. The van der Waals surface area contributed by atoms with Gasteiger partial charge in [-0.05, 0) is 54.1 Å². The summed E-state index contributed by atoms with van der Waals surface area (Å²) in [6.45, 7) is -0.121. The van der Waals surface area contributed by atoms with Crippen LogP contribution in [0.1, 0.15) is 27.6 Å². The number of anilines is 2. The van der Waals surface area contributed by atoms with Crippen molar-refractivity contribution in [3.8, 4) is 5.75 Å². The highest BCUT2D eigenvalue weighted by Gasteiger charge is 2.30. The Morgan fingerprint density at radius 3 is 2.38 bits per heavy atom. The highest BCUT2D eigenvalue weighted by molar-refractivity contribution is 7.99. The second-order valence-electron chi connectivity index (χ2n) is 7.65. The van der Waals surface area contributed by atoms with Crippen molar-refractivity contribution in [2.45, 2.75) is 16.6 Å². The summed E-state index contributed by atoms with van der Waals surface area (Å²) in [4.78, 5) is 40.2. The van der Waals surface area contributed by atoms with Gasteiger partial charge in [-0.2, -0.15) is 0 Å². The highest BCUT2D eigenvalue weighted by Crippen LogP contribution is 2.45. The van der Waals surface area contributed by atoms with Crippen LogP contribution in [0, 0.1) is 0 Å². The van der Waals surface area contributed by atoms with Crippen molar-refractivity contribution in [3.63, 3.8) is 0 Å². The fourth-order valence-corrected chi connectivity index (χ4v) is 4.99. The molecular weight excluding hydrogens is 452 g/mol. The summed E-state index contributed by atoms with van der Waals surface area (Å²) in [5.41, 5.74) is 2.65. The number of fused-ring (bicyclic) bond motifs is 1. The number of carbonyl (C=O) groups excluding carboxylic acids is 3. The van der Waals surface area contributed by atoms with Gasteiger partial charge in [0.05, 0.1) is 25.5 Å². The third-order valence-electron chi connectivity index (χ3n) is 5.47. The molecule has 1 atom stereocenters. The van der Waals surface area contributed by atoms with Crippen molar-refractivity contribution in [3.05, 3.63) is 83.9 Å². The van der Waals surface area contributed by atoms with E-state index in [0.717, 1.165) is 16.2 Å². The maximum absolute atomic E-state index is 13.3. The number of methoxy groups -OCH3 is 2. The Labute approximate surface area is 202 Å². The molecule has 0 aromatic heterocycles. The molecule has 0 unspecified atom stereocenters. The summed E-state index contributed by atoms with van der Waals surface area (Å²) in [6, 6.07) is 21.7. The molecule has 8 heteroatoms. The van der Waals surface area contributed by atoms with Gasteiger partial charge in [0.2, 0.25) is 11.8 Å². The first-order valence-corrected chi connectivity index (χ1v) is 11.5. The van der Waals surface area contributed by atoms with Crippen LogP contribution < -0.4 is 15.0 Å². The van der Waals surface area contributed by atoms with Gasteiger partial charge in [0.15, 0.2) is 0 Å². The maximum Gasteiger partial charge on any atom is 0.337 e. The number of para-hydroxylation sites is 1. The summed E-state index contributed by atoms with van der Waals surface area (Å²) in [5, 5.41) is 2.71. The van der Waals surface area contributed by atoms with Gasteiger partial charge >= 0.3 is 5.97 Å². The van der Waals surface area contributed by atoms with Crippen LogP contribution in [0.15, 0.2) is 77.7 Å². The molecule has 1 aliphatic heterocycles. The first-order chi connectivity index (χ1) is 16.5. The Kier molecular flexibility index (Phi) is 7.18. The standard InChI is InChI=1S/C26H24N2O5S/c1-32-20-13-9-17(10-14-20)23-15-25(30)28(21-5-3-4-6-22(21)34-23)16-24(29)27-19-11-7-18(8-12-19)26(31)33-2/h3-14,23H,15-16H2,1-2H3,(H,27,29)/t23-/m1/s1. The third kappa shape index (κ3) is 5.23. The monoisotopic (exact) mass is 476 g/mol. The number of amides is 2. The van der Waals surface area contributed by atoms with Gasteiger partial charge in [-0.25, -0.2) is 4.79 Å². The van der Waals surface area contributed by atoms with E-state index < -0.39 is 5.97 Å². The number of thioether (sulfide) groups is 1. The second-order valence-corrected chi connectivity index (χ2v) is 8.89. The molecule has 0 saturated carbocycles. The maximum atomic E-state index is 13.3. The number of hydrogen-bond donors (Lipinski definition) is 1. The molecule has 1 aliphatic rings. The van der Waals surface area contributed by atoms with E-state index in [1.54, 1.807) is 43.1 Å². The number of hydrogen-bond acceptors (Lipinski definition) is 6. The molecule has 0 fully saturated rings. The normalized spacial score (nSPS) is 15.2. The van der Waals surface area contributed by atoms with Crippen LogP contribution in [0.3, 0.4) is 0 Å². The minimum absolute atomic E-state index is 0.0847. The fraction of sp³-hybridized carbons (Fsp3) is 0.192. The van der Waals surface area contributed by atoms with Crippen molar-refractivity contribution in [2.24, 2.45) is 0 Å². The average Bonchev–Trinajstić information content (AvgIpc) is 3.00. The van der Waals surface area contributed by atoms with Gasteiger partial charge in [0.25, 0.3) is 0 Å². The Morgan fingerprint density at radius 2 is 1.71 bits per heavy atom. The first kappa shape index (κ1) is 23.4. The molecule has 0 spiro atoms. The summed E-state index contributed by atoms with van der Waals surface area (Å²) < 4.78 is 9.93. The van der Waals surface area contributed by atoms with Gasteiger partial charge in [-0.3, -0.25) is 9.59 Å². The Hall–Kier alpha value is -3.78. The van der Waals surface area contributed by atoms with E-state index in [1.807, 2.05) is 48.5 Å². The van der Waals surface area contributed by atoms with Gasteiger partial charge in [-0.1, -0.05) is 24.3 Å². The molecular formula is C26H24N2O5S. The minimum atomic E-state index is -0.450. The molecule has 0 saturated heterocycles. The lowest BCUT2D eigenvalue weighted by molar-refractivity contribution is -0.121. The smallest absolute Gasteiger partial charge is 0.337 e. The summed E-state index contributed by atoms with van der Waals surface area (Å²) in [6.07, 6.45) is 0.257. The molecule has 7 nitrogen and oxygen atoms in total. The van der Waals surface area contributed by atoms with E-state index in [0.29, 0.717) is 16.9 Å². The van der Waals surface area contributed by atoms with E-state index >= 15 is 0 Å². The number of carbonyl (C=O) groups is 3. The predicted molar refractivity (Wildman–Crippen MR) is 131 cm³/mol. The van der Waals surface area contributed by atoms with Crippen LogP contribution in [0.5, 0.6) is 5.75 Å². The molecule has 2 amide bonds. The molecule has 174 valence electrons. The van der Waals surface area contributed by atoms with E-state index in [4.69, 9.17) is 4.74 Å². The van der Waals surface area contributed by atoms with Crippen LogP contribution in [0.2, 0.25) is 0 Å². The van der Waals surface area contributed by atoms with Crippen LogP contribution in [-0.2, 0) is 14.3 Å². The number of benzene rings is 3. The van der Waals surface area contributed by atoms with Crippen molar-refractivity contribution in [1.82, 2.24) is 0 Å².